The third-order valence-corrected chi connectivity index (χ3v) is 3.90. The van der Waals surface area contributed by atoms with E-state index in [0.717, 1.165) is 26.2 Å². The number of nitrogen functional groups attached to an aromatic ring is 1. The highest BCUT2D eigenvalue weighted by Gasteiger charge is 2.27. The number of esters is 1. The van der Waals surface area contributed by atoms with Crippen LogP contribution in [-0.2, 0) is 4.74 Å². The average Bonchev–Trinajstić information content (AvgIpc) is 2.46. The van der Waals surface area contributed by atoms with Gasteiger partial charge in [-0.25, -0.2) is 9.78 Å². The Hall–Kier alpha value is -1.82. The summed E-state index contributed by atoms with van der Waals surface area (Å²) in [6, 6.07) is 1.59. The zero-order valence-corrected chi connectivity index (χ0v) is 13.2. The molecule has 0 amide bonds. The summed E-state index contributed by atoms with van der Waals surface area (Å²) in [5.74, 6) is 0.246. The molecule has 6 heteroatoms. The Labute approximate surface area is 125 Å². The second kappa shape index (κ2) is 5.89. The second-order valence-corrected chi connectivity index (χ2v) is 6.23. The maximum atomic E-state index is 11.7. The van der Waals surface area contributed by atoms with Crippen molar-refractivity contribution in [1.29, 1.82) is 0 Å². The molecule has 1 saturated heterocycles. The van der Waals surface area contributed by atoms with Gasteiger partial charge in [0.05, 0.1) is 18.4 Å². The summed E-state index contributed by atoms with van der Waals surface area (Å²) in [6.45, 7) is 10.2. The zero-order chi connectivity index (χ0) is 15.6. The Morgan fingerprint density at radius 2 is 1.90 bits per heavy atom. The van der Waals surface area contributed by atoms with Crippen molar-refractivity contribution < 1.29 is 9.53 Å². The predicted octanol–water partition coefficient (Wildman–Crippen LogP) is 1.37. The number of pyridine rings is 1. The van der Waals surface area contributed by atoms with Crippen LogP contribution in [0.2, 0.25) is 0 Å². The molecule has 0 aromatic carbocycles. The molecule has 6 nitrogen and oxygen atoms in total. The van der Waals surface area contributed by atoms with Crippen LogP contribution in [0, 0.1) is 0 Å². The molecular weight excluding hydrogens is 268 g/mol. The number of carbonyl (C=O) groups excluding carboxylic acids is 1. The van der Waals surface area contributed by atoms with E-state index in [4.69, 9.17) is 10.5 Å². The summed E-state index contributed by atoms with van der Waals surface area (Å²) < 4.78 is 4.75. The molecule has 2 N–H and O–H groups in total. The van der Waals surface area contributed by atoms with Crippen LogP contribution in [0.15, 0.2) is 12.3 Å². The van der Waals surface area contributed by atoms with E-state index < -0.39 is 5.97 Å². The van der Waals surface area contributed by atoms with E-state index in [9.17, 15) is 4.79 Å². The van der Waals surface area contributed by atoms with Gasteiger partial charge in [-0.1, -0.05) is 0 Å². The van der Waals surface area contributed by atoms with Crippen molar-refractivity contribution in [1.82, 2.24) is 9.88 Å². The molecule has 116 valence electrons. The van der Waals surface area contributed by atoms with E-state index in [2.05, 4.69) is 35.6 Å². The van der Waals surface area contributed by atoms with Crippen molar-refractivity contribution in [2.45, 2.75) is 26.3 Å². The fraction of sp³-hybridized carbons (Fsp3) is 0.600. The monoisotopic (exact) mass is 292 g/mol. The van der Waals surface area contributed by atoms with E-state index in [0.29, 0.717) is 17.1 Å². The van der Waals surface area contributed by atoms with Gasteiger partial charge in [0.1, 0.15) is 0 Å². The third kappa shape index (κ3) is 3.26. The SMILES string of the molecule is COC(=O)c1ccnc(N2CCN(C(C)(C)C)CC2)c1N. The molecule has 1 fully saturated rings. The number of hydrogen-bond donors (Lipinski definition) is 1. The second-order valence-electron chi connectivity index (χ2n) is 6.23. The van der Waals surface area contributed by atoms with Crippen LogP contribution in [0.4, 0.5) is 11.5 Å². The average molecular weight is 292 g/mol. The lowest BCUT2D eigenvalue weighted by atomic mass is 10.0. The van der Waals surface area contributed by atoms with Gasteiger partial charge in [-0.05, 0) is 26.8 Å². The van der Waals surface area contributed by atoms with Gasteiger partial charge in [0.15, 0.2) is 5.82 Å². The molecule has 1 aliphatic rings. The van der Waals surface area contributed by atoms with E-state index >= 15 is 0 Å². The summed E-state index contributed by atoms with van der Waals surface area (Å²) >= 11 is 0. The van der Waals surface area contributed by atoms with Crippen molar-refractivity contribution in [3.05, 3.63) is 17.8 Å². The first kappa shape index (κ1) is 15.6. The highest BCUT2D eigenvalue weighted by atomic mass is 16.5. The minimum atomic E-state index is -0.426. The van der Waals surface area contributed by atoms with Crippen molar-refractivity contribution in [2.75, 3.05) is 43.9 Å². The first-order valence-electron chi connectivity index (χ1n) is 7.17. The van der Waals surface area contributed by atoms with E-state index in [1.807, 2.05) is 0 Å². The molecule has 0 unspecified atom stereocenters. The molecular formula is C15H24N4O2. The van der Waals surface area contributed by atoms with Crippen LogP contribution in [0.1, 0.15) is 31.1 Å². The molecule has 0 bridgehead atoms. The summed E-state index contributed by atoms with van der Waals surface area (Å²) in [5.41, 5.74) is 7.03. The van der Waals surface area contributed by atoms with E-state index in [1.165, 1.54) is 7.11 Å². The summed E-state index contributed by atoms with van der Waals surface area (Å²) in [5, 5.41) is 0. The Morgan fingerprint density at radius 1 is 1.29 bits per heavy atom. The van der Waals surface area contributed by atoms with Crippen molar-refractivity contribution in [3.8, 4) is 0 Å². The lowest BCUT2D eigenvalue weighted by Gasteiger charge is -2.42. The van der Waals surface area contributed by atoms with Gasteiger partial charge in [-0.2, -0.15) is 0 Å². The molecule has 21 heavy (non-hydrogen) atoms. The maximum absolute atomic E-state index is 11.7. The number of ether oxygens (including phenoxy) is 1. The number of piperazine rings is 1. The Balaban J connectivity index is 2.16. The van der Waals surface area contributed by atoms with Crippen LogP contribution >= 0.6 is 0 Å². The number of hydrogen-bond acceptors (Lipinski definition) is 6. The standard InChI is InChI=1S/C15H24N4O2/c1-15(2,3)19-9-7-18(8-10-19)13-12(16)11(5-6-17-13)14(20)21-4/h5-6H,7-10,16H2,1-4H3. The highest BCUT2D eigenvalue weighted by molar-refractivity contribution is 5.97. The number of aromatic nitrogens is 1. The Bertz CT molecular complexity index is 517. The number of carbonyl (C=O) groups is 1. The van der Waals surface area contributed by atoms with Crippen LogP contribution in [-0.4, -0.2) is 54.7 Å². The highest BCUT2D eigenvalue weighted by Crippen LogP contribution is 2.26. The first-order valence-corrected chi connectivity index (χ1v) is 7.17. The Morgan fingerprint density at radius 3 is 2.43 bits per heavy atom. The van der Waals surface area contributed by atoms with Gasteiger partial charge in [0.25, 0.3) is 0 Å². The lowest BCUT2D eigenvalue weighted by Crippen LogP contribution is -2.53. The number of anilines is 2. The van der Waals surface area contributed by atoms with Gasteiger partial charge in [-0.15, -0.1) is 0 Å². The molecule has 2 heterocycles. The fourth-order valence-corrected chi connectivity index (χ4v) is 2.59. The molecule has 1 aliphatic heterocycles. The minimum Gasteiger partial charge on any atom is -0.465 e. The molecule has 1 aromatic heterocycles. The van der Waals surface area contributed by atoms with Gasteiger partial charge in [0, 0.05) is 37.9 Å². The predicted molar refractivity (Wildman–Crippen MR) is 83.5 cm³/mol. The van der Waals surface area contributed by atoms with Crippen molar-refractivity contribution >= 4 is 17.5 Å². The lowest BCUT2D eigenvalue weighted by molar-refractivity contribution is 0.0602. The molecule has 0 radical (unpaired) electrons. The van der Waals surface area contributed by atoms with Crippen LogP contribution in [0.25, 0.3) is 0 Å². The van der Waals surface area contributed by atoms with Crippen molar-refractivity contribution in [2.24, 2.45) is 0 Å². The summed E-state index contributed by atoms with van der Waals surface area (Å²) in [6.07, 6.45) is 1.61. The van der Waals surface area contributed by atoms with Crippen molar-refractivity contribution in [3.63, 3.8) is 0 Å². The third-order valence-electron chi connectivity index (χ3n) is 3.90. The molecule has 0 atom stereocenters. The summed E-state index contributed by atoms with van der Waals surface area (Å²) in [4.78, 5) is 20.6. The maximum Gasteiger partial charge on any atom is 0.340 e. The van der Waals surface area contributed by atoms with Gasteiger partial charge < -0.3 is 15.4 Å². The van der Waals surface area contributed by atoms with Crippen LogP contribution in [0.3, 0.4) is 0 Å². The summed E-state index contributed by atoms with van der Waals surface area (Å²) in [7, 11) is 1.35. The molecule has 2 rings (SSSR count). The number of nitrogens with zero attached hydrogens (tertiary/aromatic N) is 3. The zero-order valence-electron chi connectivity index (χ0n) is 13.2. The normalized spacial score (nSPS) is 16.9. The van der Waals surface area contributed by atoms with E-state index in [-0.39, 0.29) is 5.54 Å². The number of rotatable bonds is 2. The molecule has 0 aliphatic carbocycles. The van der Waals surface area contributed by atoms with Gasteiger partial charge in [-0.3, -0.25) is 4.90 Å². The Kier molecular flexibility index (Phi) is 4.37. The first-order chi connectivity index (χ1) is 9.84. The molecule has 0 saturated carbocycles. The fourth-order valence-electron chi connectivity index (χ4n) is 2.59. The smallest absolute Gasteiger partial charge is 0.340 e. The van der Waals surface area contributed by atoms with Crippen LogP contribution in [0.5, 0.6) is 0 Å². The topological polar surface area (TPSA) is 71.7 Å². The largest absolute Gasteiger partial charge is 0.465 e. The van der Waals surface area contributed by atoms with Gasteiger partial charge in [0.2, 0.25) is 0 Å². The van der Waals surface area contributed by atoms with E-state index in [1.54, 1.807) is 12.3 Å². The van der Waals surface area contributed by atoms with Crippen LogP contribution < -0.4 is 10.6 Å². The molecule has 1 aromatic rings. The van der Waals surface area contributed by atoms with Gasteiger partial charge >= 0.3 is 5.97 Å². The quantitative estimate of drug-likeness (QED) is 0.830. The minimum absolute atomic E-state index is 0.166. The number of nitrogens with two attached hydrogens (primary N) is 1. The number of methoxy groups -OCH3 is 1. The molecule has 0 spiro atoms.